The highest BCUT2D eigenvalue weighted by Crippen LogP contribution is 2.38. The number of nitrogens with zero attached hydrogens (tertiary/aromatic N) is 2. The van der Waals surface area contributed by atoms with Crippen molar-refractivity contribution in [3.05, 3.63) is 0 Å². The molecule has 1 saturated heterocycles. The number of thioether (sulfide) groups is 1. The smallest absolute Gasteiger partial charge is 0.212 e. The van der Waals surface area contributed by atoms with Crippen molar-refractivity contribution < 1.29 is 8.42 Å². The lowest BCUT2D eigenvalue weighted by Crippen LogP contribution is -2.45. The van der Waals surface area contributed by atoms with Crippen LogP contribution in [0.5, 0.6) is 0 Å². The zero-order valence-electron chi connectivity index (χ0n) is 9.35. The van der Waals surface area contributed by atoms with Crippen molar-refractivity contribution >= 4 is 21.8 Å². The molecule has 0 aromatic rings. The molecule has 0 amide bonds. The van der Waals surface area contributed by atoms with Gasteiger partial charge in [0.2, 0.25) is 10.0 Å². The maximum atomic E-state index is 12.0. The van der Waals surface area contributed by atoms with Crippen LogP contribution in [0.1, 0.15) is 25.7 Å². The molecule has 1 aliphatic carbocycles. The lowest BCUT2D eigenvalue weighted by molar-refractivity contribution is 0.327. The van der Waals surface area contributed by atoms with Gasteiger partial charge in [-0.25, -0.2) is 12.7 Å². The zero-order valence-corrected chi connectivity index (χ0v) is 11.0. The molecule has 2 fully saturated rings. The lowest BCUT2D eigenvalue weighted by Gasteiger charge is -2.35. The summed E-state index contributed by atoms with van der Waals surface area (Å²) in [5, 5.41) is 8.98. The molecule has 16 heavy (non-hydrogen) atoms. The summed E-state index contributed by atoms with van der Waals surface area (Å²) in [5.41, 5.74) is 0. The van der Waals surface area contributed by atoms with E-state index in [1.54, 1.807) is 16.1 Å². The van der Waals surface area contributed by atoms with E-state index in [9.17, 15) is 8.42 Å². The summed E-state index contributed by atoms with van der Waals surface area (Å²) in [6.45, 7) is 1.01. The lowest BCUT2D eigenvalue weighted by atomic mass is 9.99. The van der Waals surface area contributed by atoms with Gasteiger partial charge in [0.15, 0.2) is 0 Å². The Morgan fingerprint density at radius 2 is 1.94 bits per heavy atom. The van der Waals surface area contributed by atoms with Crippen molar-refractivity contribution in [1.29, 1.82) is 5.26 Å². The maximum Gasteiger partial charge on any atom is 0.216 e. The molecular weight excluding hydrogens is 244 g/mol. The zero-order chi connectivity index (χ0) is 11.8. The van der Waals surface area contributed by atoms with Crippen molar-refractivity contribution in [1.82, 2.24) is 4.31 Å². The number of sulfonamides is 1. The van der Waals surface area contributed by atoms with Crippen molar-refractivity contribution in [2.45, 2.75) is 35.7 Å². The van der Waals surface area contributed by atoms with Gasteiger partial charge in [0.05, 0.1) is 11.3 Å². The summed E-state index contributed by atoms with van der Waals surface area (Å²) in [4.78, 5) is 0. The van der Waals surface area contributed by atoms with Crippen LogP contribution in [0.4, 0.5) is 0 Å². The largest absolute Gasteiger partial charge is 0.216 e. The molecule has 4 nitrogen and oxygen atoms in total. The fourth-order valence-corrected chi connectivity index (χ4v) is 4.57. The quantitative estimate of drug-likeness (QED) is 0.765. The molecule has 0 N–H and O–H groups in total. The first-order valence-corrected chi connectivity index (χ1v) is 8.22. The van der Waals surface area contributed by atoms with Gasteiger partial charge in [0, 0.05) is 13.1 Å². The van der Waals surface area contributed by atoms with Gasteiger partial charge in [-0.1, -0.05) is 0 Å². The molecular formula is C10H16N2O2S2. The minimum absolute atomic E-state index is 0.128. The number of piperidine rings is 1. The normalized spacial score (nSPS) is 26.2. The Morgan fingerprint density at radius 3 is 2.31 bits per heavy atom. The molecule has 90 valence electrons. The summed E-state index contributed by atoms with van der Waals surface area (Å²) in [7, 11) is -3.04. The highest BCUT2D eigenvalue weighted by Gasteiger charge is 2.44. The van der Waals surface area contributed by atoms with Crippen molar-refractivity contribution in [2.24, 2.45) is 0 Å². The third-order valence-electron chi connectivity index (χ3n) is 3.43. The van der Waals surface area contributed by atoms with E-state index in [-0.39, 0.29) is 10.00 Å². The minimum atomic E-state index is -3.04. The van der Waals surface area contributed by atoms with E-state index in [0.29, 0.717) is 25.9 Å². The number of hydrogen-bond acceptors (Lipinski definition) is 4. The average Bonchev–Trinajstić information content (AvgIpc) is 3.13. The maximum absolute atomic E-state index is 12.0. The Balaban J connectivity index is 2.03. The van der Waals surface area contributed by atoms with E-state index in [1.807, 2.05) is 6.26 Å². The van der Waals surface area contributed by atoms with Crippen LogP contribution in [-0.4, -0.2) is 42.1 Å². The van der Waals surface area contributed by atoms with Gasteiger partial charge in [-0.15, -0.1) is 11.8 Å². The minimum Gasteiger partial charge on any atom is -0.212 e. The molecule has 0 spiro atoms. The highest BCUT2D eigenvalue weighted by molar-refractivity contribution is 8.00. The van der Waals surface area contributed by atoms with Crippen LogP contribution < -0.4 is 0 Å². The fourth-order valence-electron chi connectivity index (χ4n) is 2.04. The van der Waals surface area contributed by atoms with Crippen LogP contribution in [0.15, 0.2) is 0 Å². The highest BCUT2D eigenvalue weighted by atomic mass is 32.2. The standard InChI is InChI=1S/C10H16N2O2S2/c1-15-10(8-11)4-6-12(7-5-10)16(13,14)9-2-3-9/h9H,2-7H2,1H3. The third kappa shape index (κ3) is 2.08. The summed E-state index contributed by atoms with van der Waals surface area (Å²) >= 11 is 1.55. The molecule has 1 aliphatic heterocycles. The van der Waals surface area contributed by atoms with Crippen molar-refractivity contribution in [3.8, 4) is 6.07 Å². The van der Waals surface area contributed by atoms with E-state index < -0.39 is 10.0 Å². The number of hydrogen-bond donors (Lipinski definition) is 0. The Bertz CT molecular complexity index is 401. The summed E-state index contributed by atoms with van der Waals surface area (Å²) in [6.07, 6.45) is 4.84. The molecule has 2 aliphatic rings. The Hall–Kier alpha value is -0.250. The van der Waals surface area contributed by atoms with E-state index in [4.69, 9.17) is 5.26 Å². The van der Waals surface area contributed by atoms with Gasteiger partial charge in [-0.2, -0.15) is 5.26 Å². The van der Waals surface area contributed by atoms with Crippen LogP contribution in [0.2, 0.25) is 0 Å². The van der Waals surface area contributed by atoms with Crippen LogP contribution in [-0.2, 0) is 10.0 Å². The average molecular weight is 260 g/mol. The predicted molar refractivity (Wildman–Crippen MR) is 64.6 cm³/mol. The van der Waals surface area contributed by atoms with Crippen LogP contribution in [0, 0.1) is 11.3 Å². The van der Waals surface area contributed by atoms with E-state index in [0.717, 1.165) is 12.8 Å². The van der Waals surface area contributed by atoms with Gasteiger partial charge in [-0.3, -0.25) is 0 Å². The van der Waals surface area contributed by atoms with E-state index >= 15 is 0 Å². The molecule has 0 radical (unpaired) electrons. The van der Waals surface area contributed by atoms with Crippen LogP contribution in [0.25, 0.3) is 0 Å². The molecule has 1 saturated carbocycles. The van der Waals surface area contributed by atoms with E-state index in [1.165, 1.54) is 0 Å². The summed E-state index contributed by atoms with van der Waals surface area (Å²) < 4.78 is 25.2. The monoisotopic (exact) mass is 260 g/mol. The van der Waals surface area contributed by atoms with Crippen molar-refractivity contribution in [3.63, 3.8) is 0 Å². The van der Waals surface area contributed by atoms with Crippen LogP contribution in [0.3, 0.4) is 0 Å². The number of rotatable bonds is 3. The second-order valence-electron chi connectivity index (χ2n) is 4.45. The predicted octanol–water partition coefficient (Wildman–Crippen LogP) is 1.20. The molecule has 0 bridgehead atoms. The Labute approximate surface area is 101 Å². The second-order valence-corrected chi connectivity index (χ2v) is 7.86. The topological polar surface area (TPSA) is 61.2 Å². The molecule has 6 heteroatoms. The van der Waals surface area contributed by atoms with E-state index in [2.05, 4.69) is 6.07 Å². The van der Waals surface area contributed by atoms with Gasteiger partial charge in [0.1, 0.15) is 4.75 Å². The molecule has 0 unspecified atom stereocenters. The number of nitriles is 1. The first-order chi connectivity index (χ1) is 7.54. The first-order valence-electron chi connectivity index (χ1n) is 5.49. The third-order valence-corrected chi connectivity index (χ3v) is 7.11. The van der Waals surface area contributed by atoms with Crippen molar-refractivity contribution in [2.75, 3.05) is 19.3 Å². The molecule has 0 atom stereocenters. The fraction of sp³-hybridized carbons (Fsp3) is 0.900. The Kier molecular flexibility index (Phi) is 3.21. The molecule has 0 aromatic carbocycles. The molecule has 0 aromatic heterocycles. The van der Waals surface area contributed by atoms with Gasteiger partial charge >= 0.3 is 0 Å². The van der Waals surface area contributed by atoms with Crippen LogP contribution >= 0.6 is 11.8 Å². The van der Waals surface area contributed by atoms with Gasteiger partial charge in [-0.05, 0) is 31.9 Å². The van der Waals surface area contributed by atoms with Gasteiger partial charge < -0.3 is 0 Å². The molecule has 1 heterocycles. The summed E-state index contributed by atoms with van der Waals surface area (Å²) in [5.74, 6) is 0. The summed E-state index contributed by atoms with van der Waals surface area (Å²) in [6, 6.07) is 2.33. The SMILES string of the molecule is CSC1(C#N)CCN(S(=O)(=O)C2CC2)CC1. The van der Waals surface area contributed by atoms with Gasteiger partial charge in [0.25, 0.3) is 0 Å². The Morgan fingerprint density at radius 1 is 1.38 bits per heavy atom. The molecule has 2 rings (SSSR count). The first kappa shape index (κ1) is 12.2. The second kappa shape index (κ2) is 4.21.